The highest BCUT2D eigenvalue weighted by molar-refractivity contribution is 7.89. The molecule has 2 aromatic rings. The van der Waals surface area contributed by atoms with E-state index >= 15 is 0 Å². The molecule has 0 radical (unpaired) electrons. The number of hydrogen-bond acceptors (Lipinski definition) is 6. The van der Waals surface area contributed by atoms with Gasteiger partial charge in [-0.3, -0.25) is 5.10 Å². The maximum atomic E-state index is 12.3. The molecular formula is C11H15N5O3S. The first kappa shape index (κ1) is 14.3. The fourth-order valence-electron chi connectivity index (χ4n) is 1.60. The molecule has 1 aromatic carbocycles. The third kappa shape index (κ3) is 2.89. The molecule has 2 rings (SSSR count). The van der Waals surface area contributed by atoms with Crippen LogP contribution < -0.4 is 15.2 Å². The minimum Gasteiger partial charge on any atom is -0.495 e. The van der Waals surface area contributed by atoms with Crippen LogP contribution in [0.3, 0.4) is 0 Å². The summed E-state index contributed by atoms with van der Waals surface area (Å²) in [5, 5.41) is 6.21. The van der Waals surface area contributed by atoms with E-state index in [1.54, 1.807) is 13.0 Å². The Bertz CT molecular complexity index is 697. The number of sulfonamides is 1. The second-order valence-corrected chi connectivity index (χ2v) is 5.85. The van der Waals surface area contributed by atoms with Crippen LogP contribution in [0.4, 0.5) is 5.69 Å². The number of nitrogens with two attached hydrogens (primary N) is 1. The summed E-state index contributed by atoms with van der Waals surface area (Å²) in [6.45, 7) is 1.77. The van der Waals surface area contributed by atoms with E-state index in [1.807, 2.05) is 0 Å². The summed E-state index contributed by atoms with van der Waals surface area (Å²) < 4.78 is 32.0. The summed E-state index contributed by atoms with van der Waals surface area (Å²) >= 11 is 0. The molecule has 8 nitrogen and oxygen atoms in total. The number of nitrogen functional groups attached to an aromatic ring is 1. The zero-order chi connectivity index (χ0) is 14.8. The molecule has 0 aliphatic rings. The Morgan fingerprint density at radius 1 is 1.45 bits per heavy atom. The largest absolute Gasteiger partial charge is 0.495 e. The van der Waals surface area contributed by atoms with Gasteiger partial charge in [0.25, 0.3) is 0 Å². The van der Waals surface area contributed by atoms with Crippen LogP contribution in [0, 0.1) is 6.92 Å². The van der Waals surface area contributed by atoms with Crippen molar-refractivity contribution in [2.45, 2.75) is 18.4 Å². The lowest BCUT2D eigenvalue weighted by atomic mass is 10.2. The zero-order valence-corrected chi connectivity index (χ0v) is 11.9. The summed E-state index contributed by atoms with van der Waals surface area (Å²) in [6.07, 6.45) is 1.30. The van der Waals surface area contributed by atoms with E-state index in [-0.39, 0.29) is 17.2 Å². The van der Waals surface area contributed by atoms with Crippen molar-refractivity contribution >= 4 is 15.7 Å². The second kappa shape index (κ2) is 5.47. The molecule has 1 heterocycles. The normalized spacial score (nSPS) is 11.5. The van der Waals surface area contributed by atoms with Crippen molar-refractivity contribution in [1.29, 1.82) is 0 Å². The van der Waals surface area contributed by atoms with Crippen LogP contribution in [0.1, 0.15) is 11.4 Å². The number of benzene rings is 1. The van der Waals surface area contributed by atoms with Gasteiger partial charge in [-0.25, -0.2) is 18.1 Å². The Hall–Kier alpha value is -2.13. The van der Waals surface area contributed by atoms with E-state index in [1.165, 1.54) is 19.5 Å². The average molecular weight is 297 g/mol. The highest BCUT2D eigenvalue weighted by Crippen LogP contribution is 2.28. The molecule has 0 aliphatic heterocycles. The minimum atomic E-state index is -3.76. The highest BCUT2D eigenvalue weighted by atomic mass is 32.2. The van der Waals surface area contributed by atoms with Crippen LogP contribution in [0.25, 0.3) is 0 Å². The molecule has 4 N–H and O–H groups in total. The molecule has 0 unspecified atom stereocenters. The lowest BCUT2D eigenvalue weighted by molar-refractivity contribution is 0.402. The van der Waals surface area contributed by atoms with E-state index in [9.17, 15) is 8.42 Å². The fraction of sp³-hybridized carbons (Fsp3) is 0.273. The number of rotatable bonds is 5. The van der Waals surface area contributed by atoms with E-state index in [4.69, 9.17) is 10.5 Å². The third-order valence-corrected chi connectivity index (χ3v) is 4.16. The van der Waals surface area contributed by atoms with Crippen molar-refractivity contribution in [2.24, 2.45) is 0 Å². The molecule has 0 fully saturated rings. The molecule has 0 saturated heterocycles. The first-order chi connectivity index (χ1) is 9.44. The van der Waals surface area contributed by atoms with Crippen molar-refractivity contribution in [3.8, 4) is 5.75 Å². The van der Waals surface area contributed by atoms with Gasteiger partial charge >= 0.3 is 0 Å². The number of H-pyrrole nitrogens is 1. The molecule has 9 heteroatoms. The predicted molar refractivity (Wildman–Crippen MR) is 72.6 cm³/mol. The van der Waals surface area contributed by atoms with Crippen LogP contribution in [-0.2, 0) is 16.6 Å². The molecule has 1 aromatic heterocycles. The number of ether oxygens (including phenoxy) is 1. The van der Waals surface area contributed by atoms with Gasteiger partial charge in [0.05, 0.1) is 13.7 Å². The van der Waals surface area contributed by atoms with Gasteiger partial charge < -0.3 is 10.5 Å². The third-order valence-electron chi connectivity index (χ3n) is 2.74. The summed E-state index contributed by atoms with van der Waals surface area (Å²) in [4.78, 5) is 3.83. The van der Waals surface area contributed by atoms with Crippen molar-refractivity contribution in [2.75, 3.05) is 12.8 Å². The maximum absolute atomic E-state index is 12.3. The van der Waals surface area contributed by atoms with Crippen molar-refractivity contribution < 1.29 is 13.2 Å². The van der Waals surface area contributed by atoms with E-state index in [0.29, 0.717) is 11.5 Å². The molecule has 0 bridgehead atoms. The topological polar surface area (TPSA) is 123 Å². The van der Waals surface area contributed by atoms with Crippen molar-refractivity contribution in [1.82, 2.24) is 19.9 Å². The summed E-state index contributed by atoms with van der Waals surface area (Å²) in [5.74, 6) is 0.648. The van der Waals surface area contributed by atoms with Crippen LogP contribution >= 0.6 is 0 Å². The Labute approximate surface area is 116 Å². The van der Waals surface area contributed by atoms with Gasteiger partial charge in [0.2, 0.25) is 10.0 Å². The lowest BCUT2D eigenvalue weighted by Gasteiger charge is -2.12. The molecule has 108 valence electrons. The van der Waals surface area contributed by atoms with Crippen LogP contribution in [-0.4, -0.2) is 30.7 Å². The fourth-order valence-corrected chi connectivity index (χ4v) is 2.78. The van der Waals surface area contributed by atoms with Gasteiger partial charge in [-0.15, -0.1) is 0 Å². The van der Waals surface area contributed by atoms with E-state index in [2.05, 4.69) is 19.9 Å². The number of aromatic amines is 1. The summed E-state index contributed by atoms with van der Waals surface area (Å²) in [6, 6.07) is 2.95. The zero-order valence-electron chi connectivity index (χ0n) is 11.0. The molecule has 0 saturated carbocycles. The predicted octanol–water partition coefficient (Wildman–Crippen LogP) is 0.182. The number of aromatic nitrogens is 3. The standard InChI is InChI=1S/C11H15N5O3S/c1-7-3-9(19-2)10(4-8(7)12)20(17,18)15-5-11-13-6-14-16-11/h3-4,6,15H,5,12H2,1-2H3,(H,13,14,16). The Morgan fingerprint density at radius 2 is 2.20 bits per heavy atom. The van der Waals surface area contributed by atoms with Gasteiger partial charge in [-0.1, -0.05) is 0 Å². The van der Waals surface area contributed by atoms with E-state index in [0.717, 1.165) is 5.56 Å². The van der Waals surface area contributed by atoms with Gasteiger partial charge in [0.1, 0.15) is 22.8 Å². The Balaban J connectivity index is 2.31. The van der Waals surface area contributed by atoms with Gasteiger partial charge in [-0.05, 0) is 24.6 Å². The van der Waals surface area contributed by atoms with Crippen LogP contribution in [0.15, 0.2) is 23.4 Å². The van der Waals surface area contributed by atoms with Crippen LogP contribution in [0.5, 0.6) is 5.75 Å². The lowest BCUT2D eigenvalue weighted by Crippen LogP contribution is -2.24. The monoisotopic (exact) mass is 297 g/mol. The minimum absolute atomic E-state index is 0.000725. The molecule has 0 aliphatic carbocycles. The number of nitrogens with one attached hydrogen (secondary N) is 2. The van der Waals surface area contributed by atoms with Gasteiger partial charge in [-0.2, -0.15) is 5.10 Å². The quantitative estimate of drug-likeness (QED) is 0.677. The summed E-state index contributed by atoms with van der Waals surface area (Å²) in [7, 11) is -2.36. The first-order valence-electron chi connectivity index (χ1n) is 5.72. The van der Waals surface area contributed by atoms with Crippen LogP contribution in [0.2, 0.25) is 0 Å². The molecule has 20 heavy (non-hydrogen) atoms. The van der Waals surface area contributed by atoms with Crippen molar-refractivity contribution in [3.05, 3.63) is 29.8 Å². The van der Waals surface area contributed by atoms with Gasteiger partial charge in [0.15, 0.2) is 0 Å². The molecule has 0 spiro atoms. The highest BCUT2D eigenvalue weighted by Gasteiger charge is 2.21. The van der Waals surface area contributed by atoms with Crippen molar-refractivity contribution in [3.63, 3.8) is 0 Å². The Morgan fingerprint density at radius 3 is 2.80 bits per heavy atom. The SMILES string of the molecule is COc1cc(C)c(N)cc1S(=O)(=O)NCc1ncn[nH]1. The van der Waals surface area contributed by atoms with Gasteiger partial charge in [0, 0.05) is 5.69 Å². The Kier molecular flexibility index (Phi) is 3.91. The maximum Gasteiger partial charge on any atom is 0.244 e. The first-order valence-corrected chi connectivity index (χ1v) is 7.20. The molecule has 0 amide bonds. The number of hydrogen-bond donors (Lipinski definition) is 3. The number of nitrogens with zero attached hydrogens (tertiary/aromatic N) is 2. The average Bonchev–Trinajstić information content (AvgIpc) is 2.92. The molecule has 0 atom stereocenters. The second-order valence-electron chi connectivity index (χ2n) is 4.12. The number of anilines is 1. The smallest absolute Gasteiger partial charge is 0.244 e. The molecular weight excluding hydrogens is 282 g/mol. The van der Waals surface area contributed by atoms with E-state index < -0.39 is 10.0 Å². The number of aryl methyl sites for hydroxylation is 1. The number of methoxy groups -OCH3 is 1. The summed E-state index contributed by atoms with van der Waals surface area (Å²) in [5.41, 5.74) is 6.88.